The molecule has 0 aliphatic rings. The van der Waals surface area contributed by atoms with Crippen LogP contribution in [0.15, 0.2) is 0 Å². The molecule has 0 bridgehead atoms. The second-order valence-electron chi connectivity index (χ2n) is 2.72. The summed E-state index contributed by atoms with van der Waals surface area (Å²) in [6, 6.07) is 2.70. The minimum Gasteiger partial charge on any atom is -0.315 e. The molecule has 2 heteroatoms. The Labute approximate surface area is 63.2 Å². The smallest absolute Gasteiger partial charge is 0.0621 e. The largest absolute Gasteiger partial charge is 0.315 e. The lowest BCUT2D eigenvalue weighted by Crippen LogP contribution is -2.23. The van der Waals surface area contributed by atoms with E-state index in [1.165, 1.54) is 0 Å². The summed E-state index contributed by atoms with van der Waals surface area (Å²) in [7, 11) is 0. The van der Waals surface area contributed by atoms with Crippen molar-refractivity contribution in [3.8, 4) is 6.07 Å². The Morgan fingerprint density at radius 3 is 2.60 bits per heavy atom. The quantitative estimate of drug-likeness (QED) is 0.590. The van der Waals surface area contributed by atoms with Crippen molar-refractivity contribution in [3.63, 3.8) is 0 Å². The number of hydrogen-bond acceptors (Lipinski definition) is 2. The molecule has 1 N–H and O–H groups in total. The first-order valence-corrected chi connectivity index (χ1v) is 3.87. The first-order chi connectivity index (χ1) is 4.77. The Bertz CT molecular complexity index is 102. The van der Waals surface area contributed by atoms with Crippen LogP contribution in [0.2, 0.25) is 0 Å². The second-order valence-corrected chi connectivity index (χ2v) is 2.72. The highest BCUT2D eigenvalue weighted by Crippen LogP contribution is 1.91. The van der Waals surface area contributed by atoms with Gasteiger partial charge in [-0.25, -0.2) is 0 Å². The predicted octanol–water partition coefficient (Wildman–Crippen LogP) is 1.68. The highest BCUT2D eigenvalue weighted by atomic mass is 14.9. The first-order valence-electron chi connectivity index (χ1n) is 3.87. The van der Waals surface area contributed by atoms with Gasteiger partial charge in [0.1, 0.15) is 0 Å². The predicted molar refractivity (Wildman–Crippen MR) is 42.6 cm³/mol. The monoisotopic (exact) mass is 140 g/mol. The summed E-state index contributed by atoms with van der Waals surface area (Å²) >= 11 is 0. The first kappa shape index (κ1) is 9.45. The second kappa shape index (κ2) is 6.57. The summed E-state index contributed by atoms with van der Waals surface area (Å²) in [6.45, 7) is 5.30. The van der Waals surface area contributed by atoms with E-state index in [9.17, 15) is 0 Å². The van der Waals surface area contributed by atoms with Crippen LogP contribution in [0.5, 0.6) is 0 Å². The fourth-order valence-electron chi connectivity index (χ4n) is 0.720. The lowest BCUT2D eigenvalue weighted by molar-refractivity contribution is 0.560. The molecule has 0 atom stereocenters. The number of nitriles is 1. The maximum atomic E-state index is 8.20. The van der Waals surface area contributed by atoms with Gasteiger partial charge in [-0.2, -0.15) is 5.26 Å². The Morgan fingerprint density at radius 1 is 1.40 bits per heavy atom. The zero-order valence-corrected chi connectivity index (χ0v) is 6.85. The minimum absolute atomic E-state index is 0.571. The molecule has 0 radical (unpaired) electrons. The molecule has 2 nitrogen and oxygen atoms in total. The standard InChI is InChI=1S/C8H16N2/c1-8(2)10-7-5-3-4-6-9/h8,10H,3-5,7H2,1-2H3. The van der Waals surface area contributed by atoms with Crippen molar-refractivity contribution in [2.75, 3.05) is 6.54 Å². The fraction of sp³-hybridized carbons (Fsp3) is 0.875. The number of rotatable bonds is 5. The van der Waals surface area contributed by atoms with E-state index in [4.69, 9.17) is 5.26 Å². The topological polar surface area (TPSA) is 35.8 Å². The highest BCUT2D eigenvalue weighted by molar-refractivity contribution is 4.68. The molecule has 58 valence electrons. The molecule has 0 fully saturated rings. The van der Waals surface area contributed by atoms with Crippen molar-refractivity contribution in [2.24, 2.45) is 0 Å². The van der Waals surface area contributed by atoms with Crippen molar-refractivity contribution in [1.82, 2.24) is 5.32 Å². The maximum Gasteiger partial charge on any atom is 0.0621 e. The van der Waals surface area contributed by atoms with E-state index < -0.39 is 0 Å². The fourth-order valence-corrected chi connectivity index (χ4v) is 0.720. The summed E-state index contributed by atoms with van der Waals surface area (Å²) in [5.74, 6) is 0. The average Bonchev–Trinajstić information content (AvgIpc) is 1.87. The van der Waals surface area contributed by atoms with Crippen molar-refractivity contribution in [1.29, 1.82) is 5.26 Å². The van der Waals surface area contributed by atoms with Crippen LogP contribution < -0.4 is 5.32 Å². The van der Waals surface area contributed by atoms with Crippen molar-refractivity contribution < 1.29 is 0 Å². The van der Waals surface area contributed by atoms with E-state index in [0.717, 1.165) is 19.4 Å². The summed E-state index contributed by atoms with van der Waals surface area (Å²) in [6.07, 6.45) is 2.84. The maximum absolute atomic E-state index is 8.20. The Balaban J connectivity index is 2.86. The number of nitrogens with one attached hydrogen (secondary N) is 1. The van der Waals surface area contributed by atoms with Crippen molar-refractivity contribution in [2.45, 2.75) is 39.2 Å². The van der Waals surface area contributed by atoms with Gasteiger partial charge >= 0.3 is 0 Å². The molecular weight excluding hydrogens is 124 g/mol. The molecule has 0 aliphatic heterocycles. The number of nitrogens with zero attached hydrogens (tertiary/aromatic N) is 1. The summed E-state index contributed by atoms with van der Waals surface area (Å²) in [5, 5.41) is 11.5. The lowest BCUT2D eigenvalue weighted by Gasteiger charge is -2.05. The van der Waals surface area contributed by atoms with Crippen LogP contribution in [0, 0.1) is 11.3 Å². The van der Waals surface area contributed by atoms with Crippen LogP contribution in [0.3, 0.4) is 0 Å². The van der Waals surface area contributed by atoms with Gasteiger partial charge < -0.3 is 5.32 Å². The third-order valence-electron chi connectivity index (χ3n) is 1.27. The molecule has 10 heavy (non-hydrogen) atoms. The van der Waals surface area contributed by atoms with Crippen LogP contribution in [0.25, 0.3) is 0 Å². The molecule has 0 rings (SSSR count). The molecule has 0 unspecified atom stereocenters. The van der Waals surface area contributed by atoms with E-state index in [1.54, 1.807) is 0 Å². The van der Waals surface area contributed by atoms with Gasteiger partial charge in [-0.15, -0.1) is 0 Å². The zero-order chi connectivity index (χ0) is 7.82. The molecule has 0 aliphatic carbocycles. The molecule has 0 amide bonds. The average molecular weight is 140 g/mol. The van der Waals surface area contributed by atoms with E-state index in [1.807, 2.05) is 0 Å². The van der Waals surface area contributed by atoms with Gasteiger partial charge in [0.15, 0.2) is 0 Å². The normalized spacial score (nSPS) is 9.80. The lowest BCUT2D eigenvalue weighted by atomic mass is 10.2. The molecule has 0 heterocycles. The van der Waals surface area contributed by atoms with Gasteiger partial charge in [-0.05, 0) is 19.4 Å². The third-order valence-corrected chi connectivity index (χ3v) is 1.27. The van der Waals surface area contributed by atoms with Crippen LogP contribution in [0.1, 0.15) is 33.1 Å². The third kappa shape index (κ3) is 7.45. The van der Waals surface area contributed by atoms with Gasteiger partial charge in [0.25, 0.3) is 0 Å². The van der Waals surface area contributed by atoms with Gasteiger partial charge in [-0.1, -0.05) is 13.8 Å². The van der Waals surface area contributed by atoms with E-state index in [-0.39, 0.29) is 0 Å². The van der Waals surface area contributed by atoms with E-state index >= 15 is 0 Å². The van der Waals surface area contributed by atoms with Crippen molar-refractivity contribution >= 4 is 0 Å². The summed E-state index contributed by atoms with van der Waals surface area (Å²) < 4.78 is 0. The number of unbranched alkanes of at least 4 members (excludes halogenated alkanes) is 2. The molecule has 0 aromatic rings. The molecule has 0 saturated carbocycles. The molecule has 0 spiro atoms. The van der Waals surface area contributed by atoms with Gasteiger partial charge in [-0.3, -0.25) is 0 Å². The van der Waals surface area contributed by atoms with Crippen LogP contribution >= 0.6 is 0 Å². The molecule has 0 saturated heterocycles. The molecule has 0 aromatic carbocycles. The van der Waals surface area contributed by atoms with Crippen LogP contribution in [0.4, 0.5) is 0 Å². The number of hydrogen-bond donors (Lipinski definition) is 1. The summed E-state index contributed by atoms with van der Waals surface area (Å²) in [4.78, 5) is 0. The Kier molecular flexibility index (Phi) is 6.21. The molecular formula is C8H16N2. The van der Waals surface area contributed by atoms with E-state index in [2.05, 4.69) is 25.2 Å². The van der Waals surface area contributed by atoms with Crippen LogP contribution in [-0.2, 0) is 0 Å². The Morgan fingerprint density at radius 2 is 2.10 bits per heavy atom. The zero-order valence-electron chi connectivity index (χ0n) is 6.85. The highest BCUT2D eigenvalue weighted by Gasteiger charge is 1.90. The summed E-state index contributed by atoms with van der Waals surface area (Å²) in [5.41, 5.74) is 0. The van der Waals surface area contributed by atoms with Crippen molar-refractivity contribution in [3.05, 3.63) is 0 Å². The van der Waals surface area contributed by atoms with Crippen LogP contribution in [-0.4, -0.2) is 12.6 Å². The molecule has 0 aromatic heterocycles. The Hall–Kier alpha value is -0.550. The van der Waals surface area contributed by atoms with Gasteiger partial charge in [0, 0.05) is 12.5 Å². The van der Waals surface area contributed by atoms with Gasteiger partial charge in [0.05, 0.1) is 6.07 Å². The van der Waals surface area contributed by atoms with E-state index in [0.29, 0.717) is 12.5 Å². The SMILES string of the molecule is CC(C)NCCCCC#N. The minimum atomic E-state index is 0.571. The van der Waals surface area contributed by atoms with Gasteiger partial charge in [0.2, 0.25) is 0 Å².